The van der Waals surface area contributed by atoms with E-state index < -0.39 is 6.62 Å². The molecular formula is C9H18N2O2. The molecule has 0 saturated carbocycles. The summed E-state index contributed by atoms with van der Waals surface area (Å²) in [5.74, 6) is 0. The first kappa shape index (κ1) is 7.17. The van der Waals surface area contributed by atoms with Gasteiger partial charge in [0.2, 0.25) is 0 Å². The van der Waals surface area contributed by atoms with E-state index in [1.165, 1.54) is 0 Å². The molecule has 2 fully saturated rings. The maximum absolute atomic E-state index is 8.12. The van der Waals surface area contributed by atoms with Gasteiger partial charge >= 0.3 is 0 Å². The van der Waals surface area contributed by atoms with Crippen molar-refractivity contribution in [2.75, 3.05) is 59.2 Å². The van der Waals surface area contributed by atoms with E-state index in [0.29, 0.717) is 52.6 Å². The molecule has 2 aliphatic heterocycles. The van der Waals surface area contributed by atoms with Crippen LogP contribution in [-0.2, 0) is 9.47 Å². The predicted octanol–water partition coefficient (Wildman–Crippen LogP) is -0.392. The molecule has 2 rings (SSSR count). The maximum atomic E-state index is 8.12. The van der Waals surface area contributed by atoms with Gasteiger partial charge in [0, 0.05) is 26.2 Å². The van der Waals surface area contributed by atoms with Gasteiger partial charge in [0.25, 0.3) is 0 Å². The Balaban J connectivity index is 1.96. The molecule has 0 amide bonds. The van der Waals surface area contributed by atoms with Crippen molar-refractivity contribution in [3.8, 4) is 0 Å². The molecule has 0 radical (unpaired) electrons. The lowest BCUT2D eigenvalue weighted by atomic mass is 10.4. The molecule has 0 bridgehead atoms. The lowest BCUT2D eigenvalue weighted by Crippen LogP contribution is -2.47. The first-order chi connectivity index (χ1) is 7.21. The van der Waals surface area contributed by atoms with Gasteiger partial charge in [-0.25, -0.2) is 0 Å². The SMILES string of the molecule is [2H]C([2H])(N1CCOCC1)N1CCOCC1. The Bertz CT molecular complexity index is 184. The van der Waals surface area contributed by atoms with Crippen LogP contribution in [0.15, 0.2) is 0 Å². The van der Waals surface area contributed by atoms with Crippen molar-refractivity contribution in [3.05, 3.63) is 0 Å². The van der Waals surface area contributed by atoms with Gasteiger partial charge < -0.3 is 9.47 Å². The molecular weight excluding hydrogens is 168 g/mol. The highest BCUT2D eigenvalue weighted by molar-refractivity contribution is 4.66. The van der Waals surface area contributed by atoms with Crippen LogP contribution in [-0.4, -0.2) is 69.0 Å². The number of nitrogens with zero attached hydrogens (tertiary/aromatic N) is 2. The highest BCUT2D eigenvalue weighted by Gasteiger charge is 2.16. The maximum Gasteiger partial charge on any atom is 0.0602 e. The summed E-state index contributed by atoms with van der Waals surface area (Å²) in [4.78, 5) is 3.70. The third-order valence-electron chi connectivity index (χ3n) is 2.31. The number of hydrogen-bond donors (Lipinski definition) is 0. The summed E-state index contributed by atoms with van der Waals surface area (Å²) in [5, 5.41) is 0. The van der Waals surface area contributed by atoms with Gasteiger partial charge in [-0.2, -0.15) is 0 Å². The van der Waals surface area contributed by atoms with Crippen LogP contribution < -0.4 is 0 Å². The minimum Gasteiger partial charge on any atom is -0.379 e. The zero-order valence-corrected chi connectivity index (χ0v) is 7.87. The van der Waals surface area contributed by atoms with E-state index >= 15 is 0 Å². The summed E-state index contributed by atoms with van der Waals surface area (Å²) in [5.41, 5.74) is 0. The van der Waals surface area contributed by atoms with Crippen LogP contribution in [0.1, 0.15) is 2.74 Å². The molecule has 0 atom stereocenters. The van der Waals surface area contributed by atoms with Gasteiger partial charge in [0.05, 0.1) is 35.8 Å². The molecule has 0 N–H and O–H groups in total. The first-order valence-electron chi connectivity index (χ1n) is 5.87. The second-order valence-electron chi connectivity index (χ2n) is 3.30. The molecule has 0 aromatic heterocycles. The summed E-state index contributed by atoms with van der Waals surface area (Å²) in [6.45, 7) is 3.85. The largest absolute Gasteiger partial charge is 0.379 e. The third kappa shape index (κ3) is 2.91. The molecule has 2 heterocycles. The summed E-state index contributed by atoms with van der Waals surface area (Å²) >= 11 is 0. The fourth-order valence-corrected chi connectivity index (χ4v) is 1.53. The van der Waals surface area contributed by atoms with Gasteiger partial charge in [-0.05, 0) is 0 Å². The lowest BCUT2D eigenvalue weighted by Gasteiger charge is -2.34. The highest BCUT2D eigenvalue weighted by atomic mass is 16.5. The topological polar surface area (TPSA) is 24.9 Å². The van der Waals surface area contributed by atoms with E-state index in [2.05, 4.69) is 0 Å². The standard InChI is InChI=1S/C9H18N2O2/c1-5-12-6-2-10(1)9-11-3-7-13-8-4-11/h1-9H2/i9D2. The quantitative estimate of drug-likeness (QED) is 0.589. The van der Waals surface area contributed by atoms with Crippen molar-refractivity contribution in [2.24, 2.45) is 0 Å². The van der Waals surface area contributed by atoms with Crippen molar-refractivity contribution in [1.82, 2.24) is 9.80 Å². The Kier molecular flexibility index (Phi) is 2.71. The normalized spacial score (nSPS) is 31.1. The molecule has 2 saturated heterocycles. The summed E-state index contributed by atoms with van der Waals surface area (Å²) < 4.78 is 26.7. The Morgan fingerprint density at radius 2 is 1.23 bits per heavy atom. The summed E-state index contributed by atoms with van der Waals surface area (Å²) in [6.07, 6.45) is 0. The van der Waals surface area contributed by atoms with Gasteiger partial charge in [0.1, 0.15) is 0 Å². The van der Waals surface area contributed by atoms with Crippen LogP contribution in [0, 0.1) is 0 Å². The molecule has 13 heavy (non-hydrogen) atoms. The van der Waals surface area contributed by atoms with Crippen LogP contribution in [0.25, 0.3) is 0 Å². The van der Waals surface area contributed by atoms with Crippen LogP contribution in [0.4, 0.5) is 0 Å². The van der Waals surface area contributed by atoms with Gasteiger partial charge in [-0.15, -0.1) is 0 Å². The second kappa shape index (κ2) is 4.91. The minimum absolute atomic E-state index is 0.629. The van der Waals surface area contributed by atoms with Crippen LogP contribution in [0.2, 0.25) is 0 Å². The highest BCUT2D eigenvalue weighted by Crippen LogP contribution is 2.02. The van der Waals surface area contributed by atoms with E-state index in [1.807, 2.05) is 9.80 Å². The van der Waals surface area contributed by atoms with E-state index in [-0.39, 0.29) is 0 Å². The second-order valence-corrected chi connectivity index (χ2v) is 3.30. The Hall–Kier alpha value is -0.160. The van der Waals surface area contributed by atoms with Crippen molar-refractivity contribution < 1.29 is 12.2 Å². The van der Waals surface area contributed by atoms with E-state index in [9.17, 15) is 0 Å². The fourth-order valence-electron chi connectivity index (χ4n) is 1.53. The molecule has 4 heteroatoms. The average Bonchev–Trinajstić information content (AvgIpc) is 2.31. The third-order valence-corrected chi connectivity index (χ3v) is 2.31. The van der Waals surface area contributed by atoms with Crippen LogP contribution >= 0.6 is 0 Å². The monoisotopic (exact) mass is 188 g/mol. The number of ether oxygens (including phenoxy) is 2. The Morgan fingerprint density at radius 3 is 1.62 bits per heavy atom. The first-order valence-corrected chi connectivity index (χ1v) is 4.87. The smallest absolute Gasteiger partial charge is 0.0602 e. The summed E-state index contributed by atoms with van der Waals surface area (Å²) in [6, 6.07) is 0. The number of hydrogen-bond acceptors (Lipinski definition) is 4. The molecule has 2 aliphatic rings. The summed E-state index contributed by atoms with van der Waals surface area (Å²) in [7, 11) is 0. The molecule has 0 unspecified atom stereocenters. The van der Waals surface area contributed by atoms with Crippen LogP contribution in [0.5, 0.6) is 0 Å². The van der Waals surface area contributed by atoms with Crippen molar-refractivity contribution in [3.63, 3.8) is 0 Å². The van der Waals surface area contributed by atoms with E-state index in [1.54, 1.807) is 0 Å². The molecule has 0 aromatic rings. The molecule has 4 nitrogen and oxygen atoms in total. The van der Waals surface area contributed by atoms with Crippen LogP contribution in [0.3, 0.4) is 0 Å². The number of rotatable bonds is 2. The van der Waals surface area contributed by atoms with Crippen molar-refractivity contribution in [2.45, 2.75) is 0 Å². The molecule has 0 aliphatic carbocycles. The number of morpholine rings is 2. The Labute approximate surface area is 82.2 Å². The van der Waals surface area contributed by atoms with Gasteiger partial charge in [0.15, 0.2) is 0 Å². The molecule has 76 valence electrons. The zero-order valence-electron chi connectivity index (χ0n) is 9.87. The van der Waals surface area contributed by atoms with E-state index in [0.717, 1.165) is 0 Å². The Morgan fingerprint density at radius 1 is 0.846 bits per heavy atom. The fraction of sp³-hybridized carbons (Fsp3) is 1.00. The van der Waals surface area contributed by atoms with E-state index in [4.69, 9.17) is 12.2 Å². The average molecular weight is 188 g/mol. The van der Waals surface area contributed by atoms with Crippen molar-refractivity contribution in [1.29, 1.82) is 0 Å². The van der Waals surface area contributed by atoms with Gasteiger partial charge in [-0.3, -0.25) is 9.80 Å². The van der Waals surface area contributed by atoms with Gasteiger partial charge in [-0.1, -0.05) is 0 Å². The van der Waals surface area contributed by atoms with Crippen molar-refractivity contribution >= 4 is 0 Å². The molecule has 0 spiro atoms. The molecule has 0 aromatic carbocycles. The predicted molar refractivity (Wildman–Crippen MR) is 49.7 cm³/mol. The zero-order chi connectivity index (χ0) is 10.7. The lowest BCUT2D eigenvalue weighted by molar-refractivity contribution is -0.0229. The minimum atomic E-state index is -1.35.